The van der Waals surface area contributed by atoms with Crippen molar-refractivity contribution in [3.8, 4) is 17.2 Å². The van der Waals surface area contributed by atoms with E-state index < -0.39 is 23.4 Å². The van der Waals surface area contributed by atoms with Gasteiger partial charge in [-0.05, 0) is 53.6 Å². The van der Waals surface area contributed by atoms with E-state index in [2.05, 4.69) is 5.32 Å². The first-order valence-corrected chi connectivity index (χ1v) is 14.1. The number of rotatable bonds is 5. The van der Waals surface area contributed by atoms with Crippen molar-refractivity contribution >= 4 is 34.9 Å². The quantitative estimate of drug-likeness (QED) is 0.326. The van der Waals surface area contributed by atoms with Crippen LogP contribution >= 0.6 is 0 Å². The minimum atomic E-state index is -1.40. The number of carbonyl (C=O) groups is 3. The van der Waals surface area contributed by atoms with E-state index in [0.717, 1.165) is 11.3 Å². The van der Waals surface area contributed by atoms with Crippen LogP contribution in [0.3, 0.4) is 0 Å². The van der Waals surface area contributed by atoms with Crippen LogP contribution < -0.4 is 24.4 Å². The Balaban J connectivity index is 1.41. The summed E-state index contributed by atoms with van der Waals surface area (Å²) < 4.78 is 16.5. The SMILES string of the molecule is COc1cccc(C(=O)[C@@H]2[C@H](C(=O)c3ccc4c(c3)OCO4)[C@@]3(C(=O)Nc4ccccc43)[C@H]3C=Cc4ccccc4N23)c1. The van der Waals surface area contributed by atoms with Gasteiger partial charge in [0.1, 0.15) is 17.2 Å². The van der Waals surface area contributed by atoms with E-state index in [4.69, 9.17) is 14.2 Å². The minimum absolute atomic E-state index is 0.0600. The zero-order chi connectivity index (χ0) is 29.3. The molecule has 0 bridgehead atoms. The molecule has 0 aliphatic carbocycles. The number of para-hydroxylation sites is 2. The fourth-order valence-electron chi connectivity index (χ4n) is 7.30. The number of amides is 1. The van der Waals surface area contributed by atoms with Crippen LogP contribution in [0.2, 0.25) is 0 Å². The summed E-state index contributed by atoms with van der Waals surface area (Å²) in [6.45, 7) is 0.0600. The van der Waals surface area contributed by atoms with Crippen molar-refractivity contribution in [2.45, 2.75) is 17.5 Å². The topological polar surface area (TPSA) is 94.2 Å². The van der Waals surface area contributed by atoms with E-state index in [1.54, 1.807) is 49.6 Å². The molecule has 4 heterocycles. The van der Waals surface area contributed by atoms with Gasteiger partial charge in [0.15, 0.2) is 23.1 Å². The van der Waals surface area contributed by atoms with Gasteiger partial charge in [-0.2, -0.15) is 0 Å². The number of hydrogen-bond donors (Lipinski definition) is 1. The molecule has 8 rings (SSSR count). The molecule has 0 saturated carbocycles. The number of carbonyl (C=O) groups excluding carboxylic acids is 3. The molecule has 1 N–H and O–H groups in total. The number of anilines is 2. The maximum atomic E-state index is 15.0. The van der Waals surface area contributed by atoms with Gasteiger partial charge >= 0.3 is 0 Å². The van der Waals surface area contributed by atoms with E-state index in [0.29, 0.717) is 39.6 Å². The predicted octanol–water partition coefficient (Wildman–Crippen LogP) is 5.28. The fraction of sp³-hybridized carbons (Fsp3) is 0.171. The van der Waals surface area contributed by atoms with Crippen molar-refractivity contribution in [2.75, 3.05) is 24.1 Å². The third kappa shape index (κ3) is 3.46. The molecule has 4 aromatic carbocycles. The lowest BCUT2D eigenvalue weighted by Gasteiger charge is -2.37. The number of nitrogens with one attached hydrogen (secondary N) is 1. The lowest BCUT2D eigenvalue weighted by atomic mass is 9.64. The minimum Gasteiger partial charge on any atom is -0.497 e. The van der Waals surface area contributed by atoms with Gasteiger partial charge in [-0.3, -0.25) is 14.4 Å². The molecule has 0 unspecified atom stereocenters. The van der Waals surface area contributed by atoms with E-state index in [1.165, 1.54) is 0 Å². The molecule has 1 fully saturated rings. The summed E-state index contributed by atoms with van der Waals surface area (Å²) in [5.41, 5.74) is 2.35. The summed E-state index contributed by atoms with van der Waals surface area (Å²) in [4.78, 5) is 46.2. The number of Topliss-reactive ketones (excluding diaryl/α,β-unsaturated/α-hetero) is 2. The van der Waals surface area contributed by atoms with Crippen molar-refractivity contribution in [1.82, 2.24) is 0 Å². The second-order valence-corrected chi connectivity index (χ2v) is 11.1. The molecule has 0 radical (unpaired) electrons. The molecule has 8 nitrogen and oxygen atoms in total. The lowest BCUT2D eigenvalue weighted by molar-refractivity contribution is -0.121. The Kier molecular flexibility index (Phi) is 5.50. The van der Waals surface area contributed by atoms with Gasteiger partial charge in [-0.15, -0.1) is 0 Å². The summed E-state index contributed by atoms with van der Waals surface area (Å²) in [7, 11) is 1.54. The van der Waals surface area contributed by atoms with Crippen LogP contribution in [0.4, 0.5) is 11.4 Å². The number of hydrogen-bond acceptors (Lipinski definition) is 7. The summed E-state index contributed by atoms with van der Waals surface area (Å²) in [5, 5.41) is 3.05. The molecule has 4 aliphatic heterocycles. The molecule has 4 aromatic rings. The fourth-order valence-corrected chi connectivity index (χ4v) is 7.30. The van der Waals surface area contributed by atoms with Crippen molar-refractivity contribution in [2.24, 2.45) is 5.92 Å². The molecule has 212 valence electrons. The van der Waals surface area contributed by atoms with Crippen molar-refractivity contribution in [3.63, 3.8) is 0 Å². The van der Waals surface area contributed by atoms with Gasteiger partial charge in [0.2, 0.25) is 12.7 Å². The summed E-state index contributed by atoms with van der Waals surface area (Å²) in [6.07, 6.45) is 3.94. The van der Waals surface area contributed by atoms with Gasteiger partial charge in [0.25, 0.3) is 0 Å². The number of ether oxygens (including phenoxy) is 3. The van der Waals surface area contributed by atoms with E-state index in [-0.39, 0.29) is 24.3 Å². The van der Waals surface area contributed by atoms with Crippen LogP contribution in [0.5, 0.6) is 17.2 Å². The van der Waals surface area contributed by atoms with Gasteiger partial charge in [0, 0.05) is 22.5 Å². The highest BCUT2D eigenvalue weighted by Gasteiger charge is 2.70. The smallest absolute Gasteiger partial charge is 0.238 e. The van der Waals surface area contributed by atoms with Gasteiger partial charge in [-0.25, -0.2) is 0 Å². The predicted molar refractivity (Wildman–Crippen MR) is 160 cm³/mol. The highest BCUT2D eigenvalue weighted by molar-refractivity contribution is 6.18. The average molecular weight is 571 g/mol. The van der Waals surface area contributed by atoms with Gasteiger partial charge in [-0.1, -0.05) is 60.7 Å². The maximum absolute atomic E-state index is 15.0. The van der Waals surface area contributed by atoms with Crippen LogP contribution in [-0.4, -0.2) is 43.5 Å². The third-order valence-electron chi connectivity index (χ3n) is 9.10. The Hall–Kier alpha value is -5.37. The highest BCUT2D eigenvalue weighted by atomic mass is 16.7. The van der Waals surface area contributed by atoms with Crippen molar-refractivity contribution in [1.29, 1.82) is 0 Å². The molecule has 1 amide bonds. The maximum Gasteiger partial charge on any atom is 0.238 e. The summed E-state index contributed by atoms with van der Waals surface area (Å²) >= 11 is 0. The zero-order valence-corrected chi connectivity index (χ0v) is 23.2. The van der Waals surface area contributed by atoms with E-state index >= 15 is 0 Å². The van der Waals surface area contributed by atoms with Crippen LogP contribution in [0, 0.1) is 5.92 Å². The molecule has 0 aromatic heterocycles. The van der Waals surface area contributed by atoms with Gasteiger partial charge < -0.3 is 24.4 Å². The molecule has 1 saturated heterocycles. The monoisotopic (exact) mass is 570 g/mol. The molecule has 4 aliphatic rings. The van der Waals surface area contributed by atoms with Gasteiger partial charge in [0.05, 0.1) is 19.1 Å². The zero-order valence-electron chi connectivity index (χ0n) is 23.2. The van der Waals surface area contributed by atoms with Crippen LogP contribution in [0.15, 0.2) is 97.1 Å². The number of nitrogens with zero attached hydrogens (tertiary/aromatic N) is 1. The number of methoxy groups -OCH3 is 1. The second kappa shape index (κ2) is 9.32. The normalized spacial score (nSPS) is 23.9. The standard InChI is InChI=1S/C35H26N2O6/c1-41-23-9-6-8-21(17-23)33(39)31-30(32(38)22-13-15-27-28(18-22)43-19-42-27)35(24-10-3-4-11-25(24)36-34(35)40)29-16-14-20-7-2-5-12-26(20)37(29)31/h2-18,29-31H,19H2,1H3,(H,36,40)/t29-,30-,31+,35+/m1/s1. The highest BCUT2D eigenvalue weighted by Crippen LogP contribution is 2.58. The molecule has 4 atom stereocenters. The molecule has 43 heavy (non-hydrogen) atoms. The number of ketones is 2. The second-order valence-electron chi connectivity index (χ2n) is 11.1. The van der Waals surface area contributed by atoms with Crippen LogP contribution in [0.1, 0.15) is 31.8 Å². The summed E-state index contributed by atoms with van der Waals surface area (Å²) in [5.74, 6) is -0.484. The molecular weight excluding hydrogens is 544 g/mol. The Labute approximate surface area is 247 Å². The lowest BCUT2D eigenvalue weighted by Crippen LogP contribution is -2.51. The largest absolute Gasteiger partial charge is 0.497 e. The Bertz CT molecular complexity index is 1880. The first kappa shape index (κ1) is 25.3. The first-order valence-electron chi connectivity index (χ1n) is 14.1. The van der Waals surface area contributed by atoms with E-state index in [1.807, 2.05) is 65.6 Å². The Morgan fingerprint density at radius 3 is 2.56 bits per heavy atom. The number of fused-ring (bicyclic) bond motifs is 7. The average Bonchev–Trinajstić information content (AvgIpc) is 3.73. The van der Waals surface area contributed by atoms with Crippen molar-refractivity contribution in [3.05, 3.63) is 119 Å². The summed E-state index contributed by atoms with van der Waals surface area (Å²) in [6, 6.07) is 25.5. The molecule has 1 spiro atoms. The first-order chi connectivity index (χ1) is 21.0. The Morgan fingerprint density at radius 2 is 1.67 bits per heavy atom. The molecule has 8 heteroatoms. The Morgan fingerprint density at radius 1 is 0.884 bits per heavy atom. The number of benzene rings is 4. The van der Waals surface area contributed by atoms with E-state index in [9.17, 15) is 14.4 Å². The third-order valence-corrected chi connectivity index (χ3v) is 9.10. The van der Waals surface area contributed by atoms with Crippen LogP contribution in [0.25, 0.3) is 6.08 Å². The van der Waals surface area contributed by atoms with Crippen LogP contribution in [-0.2, 0) is 10.2 Å². The molecular formula is C35H26N2O6. The van der Waals surface area contributed by atoms with Crippen molar-refractivity contribution < 1.29 is 28.6 Å².